The number of methoxy groups -OCH3 is 1. The number of rotatable bonds is 7. The average molecular weight is 240 g/mol. The molecule has 0 saturated heterocycles. The predicted molar refractivity (Wildman–Crippen MR) is 61.3 cm³/mol. The zero-order chi connectivity index (χ0) is 12.7. The Balaban J connectivity index is 2.80. The third-order valence-corrected chi connectivity index (χ3v) is 2.11. The van der Waals surface area contributed by atoms with Crippen molar-refractivity contribution in [3.05, 3.63) is 29.1 Å². The maximum Gasteiger partial charge on any atom is 0.383 e. The topological polar surface area (TPSA) is 89.5 Å². The van der Waals surface area contributed by atoms with Gasteiger partial charge in [-0.25, -0.2) is 0 Å². The van der Waals surface area contributed by atoms with Crippen molar-refractivity contribution in [1.82, 2.24) is 0 Å². The molecular weight excluding hydrogens is 224 g/mol. The molecule has 6 nitrogen and oxygen atoms in total. The number of nitrogens with zero attached hydrogens (tertiary/aromatic N) is 1. The number of pyridine rings is 1. The molecule has 1 heterocycles. The summed E-state index contributed by atoms with van der Waals surface area (Å²) < 4.78 is 10.7. The van der Waals surface area contributed by atoms with Gasteiger partial charge in [0, 0.05) is 25.3 Å². The van der Waals surface area contributed by atoms with Crippen molar-refractivity contribution >= 4 is 5.71 Å². The van der Waals surface area contributed by atoms with E-state index in [1.165, 1.54) is 6.20 Å². The molecule has 0 saturated carbocycles. The van der Waals surface area contributed by atoms with Crippen LogP contribution in [0.15, 0.2) is 18.3 Å². The molecule has 17 heavy (non-hydrogen) atoms. The van der Waals surface area contributed by atoms with Gasteiger partial charge in [-0.1, -0.05) is 0 Å². The van der Waals surface area contributed by atoms with Crippen LogP contribution < -0.4 is 9.47 Å². The summed E-state index contributed by atoms with van der Waals surface area (Å²) >= 11 is 0. The van der Waals surface area contributed by atoms with Crippen LogP contribution in [0.2, 0.25) is 0 Å². The third kappa shape index (κ3) is 4.01. The summed E-state index contributed by atoms with van der Waals surface area (Å²) in [6, 6.07) is 3.27. The normalized spacial score (nSPS) is 10.2. The zero-order valence-corrected chi connectivity index (χ0v) is 9.68. The molecule has 0 radical (unpaired) electrons. The monoisotopic (exact) mass is 240 g/mol. The Morgan fingerprint density at radius 1 is 1.53 bits per heavy atom. The van der Waals surface area contributed by atoms with Crippen molar-refractivity contribution in [3.63, 3.8) is 0 Å². The molecular formula is C11H16N2O4. The molecule has 0 aliphatic carbocycles. The number of aliphatic hydroxyl groups excluding tert-OH is 1. The van der Waals surface area contributed by atoms with E-state index >= 15 is 0 Å². The first kappa shape index (κ1) is 13.4. The molecule has 0 unspecified atom stereocenters. The Kier molecular flexibility index (Phi) is 5.38. The summed E-state index contributed by atoms with van der Waals surface area (Å²) in [5.74, 6) is 0.155. The fourth-order valence-corrected chi connectivity index (χ4v) is 1.32. The van der Waals surface area contributed by atoms with Crippen LogP contribution in [0.25, 0.3) is 0 Å². The van der Waals surface area contributed by atoms with Gasteiger partial charge in [0.1, 0.15) is 6.61 Å². The van der Waals surface area contributed by atoms with Crippen LogP contribution in [0.1, 0.15) is 5.56 Å². The minimum atomic E-state index is -0.328. The van der Waals surface area contributed by atoms with E-state index < -0.39 is 0 Å². The van der Waals surface area contributed by atoms with Gasteiger partial charge in [-0.15, -0.1) is 4.73 Å². The molecule has 0 amide bonds. The Hall–Kier alpha value is -1.66. The molecule has 0 atom stereocenters. The summed E-state index contributed by atoms with van der Waals surface area (Å²) in [6.07, 6.45) is 1.52. The van der Waals surface area contributed by atoms with E-state index in [1.807, 2.05) is 0 Å². The number of hydrogen-bond acceptors (Lipinski definition) is 5. The highest BCUT2D eigenvalue weighted by molar-refractivity contribution is 5.84. The molecule has 2 N–H and O–H groups in total. The highest BCUT2D eigenvalue weighted by atomic mass is 16.6. The first-order chi connectivity index (χ1) is 8.19. The van der Waals surface area contributed by atoms with Gasteiger partial charge in [0.2, 0.25) is 0 Å². The van der Waals surface area contributed by atoms with E-state index in [9.17, 15) is 5.21 Å². The van der Waals surface area contributed by atoms with Gasteiger partial charge in [-0.3, -0.25) is 0 Å². The highest BCUT2D eigenvalue weighted by Gasteiger charge is 2.15. The zero-order valence-electron chi connectivity index (χ0n) is 9.68. The van der Waals surface area contributed by atoms with Gasteiger partial charge in [0.15, 0.2) is 6.20 Å². The first-order valence-electron chi connectivity index (χ1n) is 5.19. The molecule has 94 valence electrons. The van der Waals surface area contributed by atoms with Crippen LogP contribution in [0.3, 0.4) is 0 Å². The maximum atomic E-state index is 11.5. The fourth-order valence-electron chi connectivity index (χ4n) is 1.32. The van der Waals surface area contributed by atoms with Gasteiger partial charge in [0.05, 0.1) is 18.8 Å². The Labute approximate surface area is 99.5 Å². The number of aliphatic hydroxyl groups is 1. The quantitative estimate of drug-likeness (QED) is 0.301. The van der Waals surface area contributed by atoms with Gasteiger partial charge < -0.3 is 25.2 Å². The van der Waals surface area contributed by atoms with Gasteiger partial charge in [0.25, 0.3) is 0 Å². The van der Waals surface area contributed by atoms with E-state index in [2.05, 4.69) is 0 Å². The van der Waals surface area contributed by atoms with Crippen LogP contribution in [-0.4, -0.2) is 37.7 Å². The molecule has 0 aliphatic rings. The summed E-state index contributed by atoms with van der Waals surface area (Å²) in [5.41, 5.74) is 0.713. The second kappa shape index (κ2) is 6.82. The second-order valence-electron chi connectivity index (χ2n) is 3.44. The lowest BCUT2D eigenvalue weighted by Gasteiger charge is -2.10. The molecule has 0 aliphatic heterocycles. The van der Waals surface area contributed by atoms with E-state index in [1.54, 1.807) is 19.2 Å². The molecule has 1 rings (SSSR count). The van der Waals surface area contributed by atoms with Crippen molar-refractivity contribution < 1.29 is 19.3 Å². The highest BCUT2D eigenvalue weighted by Crippen LogP contribution is 2.13. The van der Waals surface area contributed by atoms with Crippen molar-refractivity contribution in [2.45, 2.75) is 6.42 Å². The lowest BCUT2D eigenvalue weighted by atomic mass is 10.1. The third-order valence-electron chi connectivity index (χ3n) is 2.11. The van der Waals surface area contributed by atoms with E-state index in [0.717, 1.165) is 0 Å². The lowest BCUT2D eigenvalue weighted by molar-refractivity contribution is -0.613. The van der Waals surface area contributed by atoms with E-state index in [-0.39, 0.29) is 31.2 Å². The first-order valence-corrected chi connectivity index (χ1v) is 5.19. The van der Waals surface area contributed by atoms with Crippen molar-refractivity contribution in [2.24, 2.45) is 0 Å². The summed E-state index contributed by atoms with van der Waals surface area (Å²) in [4.78, 5) is 0. The predicted octanol–water partition coefficient (Wildman–Crippen LogP) is -0.100. The van der Waals surface area contributed by atoms with Gasteiger partial charge in [-0.05, 0) is 6.07 Å². The van der Waals surface area contributed by atoms with Crippen LogP contribution >= 0.6 is 0 Å². The molecule has 6 heteroatoms. The number of ether oxygens (including phenoxy) is 2. The second-order valence-corrected chi connectivity index (χ2v) is 3.44. The van der Waals surface area contributed by atoms with Crippen molar-refractivity contribution in [1.29, 1.82) is 5.41 Å². The number of nitrogens with one attached hydrogen (secondary N) is 1. The van der Waals surface area contributed by atoms with E-state index in [4.69, 9.17) is 20.0 Å². The molecule has 0 aromatic carbocycles. The van der Waals surface area contributed by atoms with Crippen LogP contribution in [-0.2, 0) is 11.2 Å². The minimum absolute atomic E-state index is 0.132. The number of aromatic nitrogens is 1. The van der Waals surface area contributed by atoms with Crippen molar-refractivity contribution in [2.75, 3.05) is 26.9 Å². The average Bonchev–Trinajstić information content (AvgIpc) is 2.32. The fraction of sp³-hybridized carbons (Fsp3) is 0.455. The van der Waals surface area contributed by atoms with Crippen LogP contribution in [0, 0.1) is 10.6 Å². The van der Waals surface area contributed by atoms with Crippen LogP contribution in [0.5, 0.6) is 5.88 Å². The molecule has 1 aromatic heterocycles. The summed E-state index contributed by atoms with van der Waals surface area (Å²) in [6.45, 7) is 0.319. The van der Waals surface area contributed by atoms with Crippen LogP contribution in [0.4, 0.5) is 0 Å². The maximum absolute atomic E-state index is 11.5. The minimum Gasteiger partial charge on any atom is -0.616 e. The smallest absolute Gasteiger partial charge is 0.383 e. The largest absolute Gasteiger partial charge is 0.616 e. The van der Waals surface area contributed by atoms with Crippen molar-refractivity contribution in [3.8, 4) is 5.88 Å². The molecule has 0 spiro atoms. The van der Waals surface area contributed by atoms with E-state index in [0.29, 0.717) is 16.9 Å². The molecule has 0 fully saturated rings. The number of hydrogen-bond donors (Lipinski definition) is 2. The Morgan fingerprint density at radius 3 is 2.94 bits per heavy atom. The summed E-state index contributed by atoms with van der Waals surface area (Å²) in [5, 5.41) is 27.7. The molecule has 1 aromatic rings. The van der Waals surface area contributed by atoms with Gasteiger partial charge in [-0.2, -0.15) is 0 Å². The lowest BCUT2D eigenvalue weighted by Crippen LogP contribution is -2.31. The SMILES string of the molecule is COCCOc1c(CC(=N)CO)ccc[n+]1[O-]. The Bertz CT molecular complexity index is 382. The Morgan fingerprint density at radius 2 is 2.29 bits per heavy atom. The standard InChI is InChI=1S/C11H16N2O4/c1-16-5-6-17-11-9(7-10(12)8-14)3-2-4-13(11)15/h2-4,12,14H,5-8H2,1H3. The molecule has 0 bridgehead atoms. The van der Waals surface area contributed by atoms with Gasteiger partial charge >= 0.3 is 5.88 Å². The summed E-state index contributed by atoms with van der Waals surface area (Å²) in [7, 11) is 1.54.